The molecule has 0 saturated carbocycles. The molecule has 2 aromatic carbocycles. The van der Waals surface area contributed by atoms with Gasteiger partial charge >= 0.3 is 0 Å². The molecule has 172 valence electrons. The summed E-state index contributed by atoms with van der Waals surface area (Å²) in [5.41, 5.74) is 4.35. The third kappa shape index (κ3) is 4.76. The third-order valence-corrected chi connectivity index (χ3v) is 5.98. The van der Waals surface area contributed by atoms with Gasteiger partial charge in [0.15, 0.2) is 11.5 Å². The molecular formula is C26H25N5O3. The van der Waals surface area contributed by atoms with Gasteiger partial charge in [0, 0.05) is 22.9 Å². The van der Waals surface area contributed by atoms with Crippen LogP contribution < -0.4 is 10.6 Å². The molecule has 0 unspecified atom stereocenters. The molecule has 8 heteroatoms. The van der Waals surface area contributed by atoms with Gasteiger partial charge in [-0.2, -0.15) is 5.10 Å². The number of benzene rings is 2. The summed E-state index contributed by atoms with van der Waals surface area (Å²) < 4.78 is 7.28. The third-order valence-electron chi connectivity index (χ3n) is 5.98. The number of carbonyl (C=O) groups is 2. The number of hydrogen-bond acceptors (Lipinski definition) is 5. The number of nitrogens with zero attached hydrogens (tertiary/aromatic N) is 3. The van der Waals surface area contributed by atoms with Gasteiger partial charge in [-0.05, 0) is 24.8 Å². The summed E-state index contributed by atoms with van der Waals surface area (Å²) in [6.07, 6.45) is 4.59. The first-order chi connectivity index (χ1) is 16.7. The Kier molecular flexibility index (Phi) is 6.20. The van der Waals surface area contributed by atoms with Gasteiger partial charge in [-0.15, -0.1) is 0 Å². The molecule has 8 nitrogen and oxygen atoms in total. The zero-order valence-corrected chi connectivity index (χ0v) is 18.6. The second-order valence-corrected chi connectivity index (χ2v) is 8.33. The Labute approximate surface area is 197 Å². The lowest BCUT2D eigenvalue weighted by Gasteiger charge is -2.24. The maximum Gasteiger partial charge on any atom is 0.273 e. The first-order valence-electron chi connectivity index (χ1n) is 11.4. The highest BCUT2D eigenvalue weighted by atomic mass is 16.5. The first kappa shape index (κ1) is 21.6. The Bertz CT molecular complexity index is 1280. The number of hydrogen-bond donors (Lipinski definition) is 2. The van der Waals surface area contributed by atoms with E-state index in [2.05, 4.69) is 33.0 Å². The molecule has 4 aromatic rings. The van der Waals surface area contributed by atoms with Crippen molar-refractivity contribution in [3.63, 3.8) is 0 Å². The summed E-state index contributed by atoms with van der Waals surface area (Å²) >= 11 is 0. The quantitative estimate of drug-likeness (QED) is 0.444. The standard InChI is InChI=1S/C26H25N5O3/c32-25(16-27-26(33)22-14-24(34-30-22)19-10-5-2-6-11-19)29-21-12-7-13-23-20(21)15-28-31(23)17-18-8-3-1-4-9-18/h1-6,8-11,14-15,21H,7,12-13,16-17H2,(H,27,33)(H,29,32)/t21-/m1/s1. The van der Waals surface area contributed by atoms with Crippen molar-refractivity contribution in [2.45, 2.75) is 31.8 Å². The van der Waals surface area contributed by atoms with E-state index in [9.17, 15) is 9.59 Å². The molecule has 5 rings (SSSR count). The molecule has 2 heterocycles. The summed E-state index contributed by atoms with van der Waals surface area (Å²) in [6.45, 7) is 0.561. The van der Waals surface area contributed by atoms with Gasteiger partial charge in [-0.25, -0.2) is 0 Å². The Morgan fingerprint density at radius 2 is 1.82 bits per heavy atom. The molecule has 1 aliphatic carbocycles. The minimum Gasteiger partial charge on any atom is -0.355 e. The van der Waals surface area contributed by atoms with Crippen molar-refractivity contribution in [1.82, 2.24) is 25.6 Å². The summed E-state index contributed by atoms with van der Waals surface area (Å²) in [4.78, 5) is 25.0. The molecule has 0 radical (unpaired) electrons. The van der Waals surface area contributed by atoms with Crippen molar-refractivity contribution >= 4 is 11.8 Å². The van der Waals surface area contributed by atoms with Crippen LogP contribution in [-0.2, 0) is 17.8 Å². The second-order valence-electron chi connectivity index (χ2n) is 8.33. The van der Waals surface area contributed by atoms with E-state index in [4.69, 9.17) is 4.52 Å². The molecule has 2 N–H and O–H groups in total. The van der Waals surface area contributed by atoms with Crippen LogP contribution in [0.5, 0.6) is 0 Å². The molecule has 34 heavy (non-hydrogen) atoms. The lowest BCUT2D eigenvalue weighted by atomic mass is 9.93. The lowest BCUT2D eigenvalue weighted by Crippen LogP contribution is -2.39. The van der Waals surface area contributed by atoms with Gasteiger partial charge in [0.1, 0.15) is 0 Å². The second kappa shape index (κ2) is 9.74. The van der Waals surface area contributed by atoms with Crippen molar-refractivity contribution in [3.05, 3.63) is 95.4 Å². The van der Waals surface area contributed by atoms with E-state index < -0.39 is 5.91 Å². The van der Waals surface area contributed by atoms with E-state index in [1.54, 1.807) is 6.07 Å². The molecule has 1 atom stereocenters. The highest BCUT2D eigenvalue weighted by Crippen LogP contribution is 2.30. The minimum absolute atomic E-state index is 0.116. The van der Waals surface area contributed by atoms with E-state index in [-0.39, 0.29) is 24.2 Å². The van der Waals surface area contributed by atoms with E-state index >= 15 is 0 Å². The number of fused-ring (bicyclic) bond motifs is 1. The summed E-state index contributed by atoms with van der Waals surface area (Å²) in [5.74, 6) is -0.215. The van der Waals surface area contributed by atoms with Gasteiger partial charge in [0.05, 0.1) is 25.3 Å². The van der Waals surface area contributed by atoms with Gasteiger partial charge < -0.3 is 15.2 Å². The van der Waals surface area contributed by atoms with E-state index in [0.29, 0.717) is 12.3 Å². The summed E-state index contributed by atoms with van der Waals surface area (Å²) in [5, 5.41) is 14.1. The average molecular weight is 456 g/mol. The maximum atomic E-state index is 12.6. The fraction of sp³-hybridized carbons (Fsp3) is 0.231. The SMILES string of the molecule is O=C(CNC(=O)c1cc(-c2ccccc2)on1)N[C@@H]1CCCc2c1cnn2Cc1ccccc1. The molecular weight excluding hydrogens is 430 g/mol. The summed E-state index contributed by atoms with van der Waals surface area (Å²) in [7, 11) is 0. The predicted octanol–water partition coefficient (Wildman–Crippen LogP) is 3.51. The predicted molar refractivity (Wildman–Crippen MR) is 126 cm³/mol. The zero-order valence-electron chi connectivity index (χ0n) is 18.6. The largest absolute Gasteiger partial charge is 0.355 e. The van der Waals surface area contributed by atoms with E-state index in [1.807, 2.05) is 59.4 Å². The van der Waals surface area contributed by atoms with Crippen molar-refractivity contribution < 1.29 is 14.1 Å². The van der Waals surface area contributed by atoms with Crippen LogP contribution in [0.2, 0.25) is 0 Å². The Balaban J connectivity index is 1.18. The highest BCUT2D eigenvalue weighted by molar-refractivity contribution is 5.95. The van der Waals surface area contributed by atoms with Crippen LogP contribution in [0.1, 0.15) is 46.2 Å². The summed E-state index contributed by atoms with van der Waals surface area (Å²) in [6, 6.07) is 21.0. The average Bonchev–Trinajstić information content (AvgIpc) is 3.53. The van der Waals surface area contributed by atoms with Gasteiger partial charge in [-0.3, -0.25) is 14.3 Å². The molecule has 0 bridgehead atoms. The van der Waals surface area contributed by atoms with Crippen LogP contribution in [0.4, 0.5) is 0 Å². The fourth-order valence-electron chi connectivity index (χ4n) is 4.28. The molecule has 0 saturated heterocycles. The van der Waals surface area contributed by atoms with Crippen LogP contribution in [0.25, 0.3) is 11.3 Å². The molecule has 2 aromatic heterocycles. The number of rotatable bonds is 7. The van der Waals surface area contributed by atoms with Crippen LogP contribution in [-0.4, -0.2) is 33.3 Å². The van der Waals surface area contributed by atoms with Crippen LogP contribution >= 0.6 is 0 Å². The van der Waals surface area contributed by atoms with Crippen molar-refractivity contribution in [2.75, 3.05) is 6.54 Å². The molecule has 0 aliphatic heterocycles. The van der Waals surface area contributed by atoms with Crippen molar-refractivity contribution in [1.29, 1.82) is 0 Å². The normalized spacial score (nSPS) is 14.9. The molecule has 0 spiro atoms. The van der Waals surface area contributed by atoms with Crippen molar-refractivity contribution in [2.24, 2.45) is 0 Å². The van der Waals surface area contributed by atoms with Crippen molar-refractivity contribution in [3.8, 4) is 11.3 Å². The topological polar surface area (TPSA) is 102 Å². The van der Waals surface area contributed by atoms with Gasteiger partial charge in [0.25, 0.3) is 5.91 Å². The monoisotopic (exact) mass is 455 g/mol. The Morgan fingerprint density at radius 1 is 1.06 bits per heavy atom. The number of nitrogens with one attached hydrogen (secondary N) is 2. The minimum atomic E-state index is -0.457. The smallest absolute Gasteiger partial charge is 0.273 e. The molecule has 1 aliphatic rings. The van der Waals surface area contributed by atoms with Gasteiger partial charge in [-0.1, -0.05) is 65.8 Å². The van der Waals surface area contributed by atoms with Gasteiger partial charge in [0.2, 0.25) is 5.91 Å². The van der Waals surface area contributed by atoms with E-state index in [1.165, 1.54) is 5.56 Å². The Hall–Kier alpha value is -4.20. The van der Waals surface area contributed by atoms with Crippen LogP contribution in [0, 0.1) is 0 Å². The molecule has 2 amide bonds. The number of aromatic nitrogens is 3. The highest BCUT2D eigenvalue weighted by Gasteiger charge is 2.26. The van der Waals surface area contributed by atoms with Crippen LogP contribution in [0.3, 0.4) is 0 Å². The fourth-order valence-corrected chi connectivity index (χ4v) is 4.28. The first-order valence-corrected chi connectivity index (χ1v) is 11.4. The van der Waals surface area contributed by atoms with E-state index in [0.717, 1.165) is 36.1 Å². The zero-order chi connectivity index (χ0) is 23.3. The maximum absolute atomic E-state index is 12.6. The number of amides is 2. The molecule has 0 fully saturated rings. The lowest BCUT2D eigenvalue weighted by molar-refractivity contribution is -0.121. The van der Waals surface area contributed by atoms with Crippen LogP contribution in [0.15, 0.2) is 77.4 Å². The number of carbonyl (C=O) groups excluding carboxylic acids is 2. The Morgan fingerprint density at radius 3 is 2.62 bits per heavy atom.